The monoisotopic (exact) mass is 377 g/mol. The van der Waals surface area contributed by atoms with E-state index in [1.165, 1.54) is 0 Å². The molecule has 1 atom stereocenters. The molecule has 0 saturated heterocycles. The Hall–Kier alpha value is -3.22. The van der Waals surface area contributed by atoms with E-state index < -0.39 is 0 Å². The molecule has 0 fully saturated rings. The highest BCUT2D eigenvalue weighted by Crippen LogP contribution is 2.37. The van der Waals surface area contributed by atoms with Gasteiger partial charge < -0.3 is 10.1 Å². The van der Waals surface area contributed by atoms with Crippen molar-refractivity contribution < 1.29 is 9.53 Å². The maximum absolute atomic E-state index is 12.3. The lowest BCUT2D eigenvalue weighted by Crippen LogP contribution is -2.34. The van der Waals surface area contributed by atoms with Crippen molar-refractivity contribution in [2.45, 2.75) is 39.2 Å². The van der Waals surface area contributed by atoms with Crippen LogP contribution in [-0.4, -0.2) is 38.7 Å². The molecule has 1 aliphatic heterocycles. The summed E-state index contributed by atoms with van der Waals surface area (Å²) in [4.78, 5) is 20.9. The second kappa shape index (κ2) is 7.80. The molecule has 0 bridgehead atoms. The van der Waals surface area contributed by atoms with E-state index in [0.29, 0.717) is 25.2 Å². The summed E-state index contributed by atoms with van der Waals surface area (Å²) in [7, 11) is 0. The summed E-state index contributed by atoms with van der Waals surface area (Å²) in [6.45, 7) is 4.41. The number of nitrogens with zero attached hydrogens (tertiary/aromatic N) is 3. The summed E-state index contributed by atoms with van der Waals surface area (Å²) in [6.07, 6.45) is 5.23. The molecule has 3 heterocycles. The lowest BCUT2D eigenvalue weighted by atomic mass is 10.1. The Morgan fingerprint density at radius 2 is 2.07 bits per heavy atom. The third-order valence-corrected chi connectivity index (χ3v) is 5.05. The average molecular weight is 377 g/mol. The molecule has 0 aliphatic carbocycles. The van der Waals surface area contributed by atoms with Crippen molar-refractivity contribution in [1.29, 1.82) is 0 Å². The molecule has 28 heavy (non-hydrogen) atoms. The molecular formula is C21H23N5O2. The Kier molecular flexibility index (Phi) is 5.06. The van der Waals surface area contributed by atoms with Crippen LogP contribution in [0.15, 0.2) is 36.7 Å². The Balaban J connectivity index is 1.34. The number of para-hydroxylation sites is 1. The van der Waals surface area contributed by atoms with Crippen LogP contribution in [0.2, 0.25) is 0 Å². The number of aryl methyl sites for hydroxylation is 2. The summed E-state index contributed by atoms with van der Waals surface area (Å²) >= 11 is 0. The maximum Gasteiger partial charge on any atom is 0.220 e. The Labute approximate surface area is 163 Å². The first-order valence-electron chi connectivity index (χ1n) is 9.45. The van der Waals surface area contributed by atoms with Crippen LogP contribution in [0.25, 0.3) is 11.4 Å². The molecule has 0 saturated carbocycles. The largest absolute Gasteiger partial charge is 0.487 e. The number of aromatic nitrogens is 4. The van der Waals surface area contributed by atoms with Crippen molar-refractivity contribution in [2.75, 3.05) is 6.54 Å². The number of carbonyl (C=O) groups excluding carboxylic acids is 1. The number of rotatable bonds is 6. The van der Waals surface area contributed by atoms with E-state index >= 15 is 0 Å². The lowest BCUT2D eigenvalue weighted by molar-refractivity contribution is -0.121. The first kappa shape index (κ1) is 18.2. The van der Waals surface area contributed by atoms with Gasteiger partial charge in [0.25, 0.3) is 0 Å². The van der Waals surface area contributed by atoms with E-state index in [4.69, 9.17) is 4.74 Å². The molecule has 1 aliphatic rings. The van der Waals surface area contributed by atoms with Gasteiger partial charge in [-0.1, -0.05) is 12.1 Å². The minimum atomic E-state index is -0.0822. The first-order chi connectivity index (χ1) is 13.6. The SMILES string of the molecule is Cc1n[nH]c(C)c1CCC(=O)NC[C@H]1Cc2cccc(-c3ncccn3)c2O1. The zero-order chi connectivity index (χ0) is 19.5. The van der Waals surface area contributed by atoms with E-state index in [2.05, 4.69) is 25.5 Å². The van der Waals surface area contributed by atoms with E-state index in [1.54, 1.807) is 18.5 Å². The highest BCUT2D eigenvalue weighted by atomic mass is 16.5. The van der Waals surface area contributed by atoms with Gasteiger partial charge in [0, 0.05) is 30.9 Å². The maximum atomic E-state index is 12.3. The molecule has 0 unspecified atom stereocenters. The quantitative estimate of drug-likeness (QED) is 0.689. The fourth-order valence-electron chi connectivity index (χ4n) is 3.56. The molecule has 3 aromatic rings. The molecule has 7 heteroatoms. The molecule has 4 rings (SSSR count). The normalized spacial score (nSPS) is 15.1. The topological polar surface area (TPSA) is 92.8 Å². The summed E-state index contributed by atoms with van der Waals surface area (Å²) in [6, 6.07) is 7.79. The number of hydrogen-bond donors (Lipinski definition) is 2. The van der Waals surface area contributed by atoms with Gasteiger partial charge in [-0.25, -0.2) is 9.97 Å². The number of aromatic amines is 1. The third kappa shape index (κ3) is 3.74. The number of amides is 1. The second-order valence-electron chi connectivity index (χ2n) is 7.03. The second-order valence-corrected chi connectivity index (χ2v) is 7.03. The van der Waals surface area contributed by atoms with Gasteiger partial charge in [0.1, 0.15) is 11.9 Å². The Bertz CT molecular complexity index is 964. The number of ether oxygens (including phenoxy) is 1. The number of nitrogens with one attached hydrogen (secondary N) is 2. The minimum absolute atomic E-state index is 0.0196. The fourth-order valence-corrected chi connectivity index (χ4v) is 3.56. The van der Waals surface area contributed by atoms with Gasteiger partial charge >= 0.3 is 0 Å². The highest BCUT2D eigenvalue weighted by molar-refractivity contribution is 5.76. The van der Waals surface area contributed by atoms with Crippen LogP contribution in [0.3, 0.4) is 0 Å². The van der Waals surface area contributed by atoms with E-state index in [9.17, 15) is 4.79 Å². The molecule has 0 radical (unpaired) electrons. The smallest absolute Gasteiger partial charge is 0.220 e. The van der Waals surface area contributed by atoms with Crippen LogP contribution in [0.4, 0.5) is 0 Å². The molecular weight excluding hydrogens is 354 g/mol. The average Bonchev–Trinajstić information content (AvgIpc) is 3.28. The Morgan fingerprint density at radius 3 is 2.82 bits per heavy atom. The first-order valence-corrected chi connectivity index (χ1v) is 9.45. The van der Waals surface area contributed by atoms with Crippen molar-refractivity contribution in [3.8, 4) is 17.1 Å². The number of H-pyrrole nitrogens is 1. The molecule has 2 N–H and O–H groups in total. The summed E-state index contributed by atoms with van der Waals surface area (Å²) in [5, 5.41) is 10.1. The summed E-state index contributed by atoms with van der Waals surface area (Å²) in [5.41, 5.74) is 5.10. The fraction of sp³-hybridized carbons (Fsp3) is 0.333. The van der Waals surface area contributed by atoms with E-state index in [-0.39, 0.29) is 12.0 Å². The van der Waals surface area contributed by atoms with Crippen LogP contribution in [-0.2, 0) is 17.6 Å². The van der Waals surface area contributed by atoms with E-state index in [0.717, 1.165) is 40.2 Å². The highest BCUT2D eigenvalue weighted by Gasteiger charge is 2.26. The van der Waals surface area contributed by atoms with Crippen LogP contribution < -0.4 is 10.1 Å². The molecule has 7 nitrogen and oxygen atoms in total. The summed E-state index contributed by atoms with van der Waals surface area (Å²) < 4.78 is 6.12. The zero-order valence-electron chi connectivity index (χ0n) is 16.0. The minimum Gasteiger partial charge on any atom is -0.487 e. The summed E-state index contributed by atoms with van der Waals surface area (Å²) in [5.74, 6) is 1.48. The number of hydrogen-bond acceptors (Lipinski definition) is 5. The van der Waals surface area contributed by atoms with Gasteiger partial charge in [-0.05, 0) is 43.5 Å². The van der Waals surface area contributed by atoms with Crippen molar-refractivity contribution in [1.82, 2.24) is 25.5 Å². The predicted molar refractivity (Wildman–Crippen MR) is 105 cm³/mol. The Morgan fingerprint density at radius 1 is 1.25 bits per heavy atom. The molecule has 1 aromatic carbocycles. The van der Waals surface area contributed by atoms with Crippen molar-refractivity contribution in [3.63, 3.8) is 0 Å². The third-order valence-electron chi connectivity index (χ3n) is 5.05. The number of fused-ring (bicyclic) bond motifs is 1. The lowest BCUT2D eigenvalue weighted by Gasteiger charge is -2.13. The number of carbonyl (C=O) groups is 1. The van der Waals surface area contributed by atoms with Gasteiger partial charge in [-0.2, -0.15) is 5.10 Å². The molecule has 144 valence electrons. The predicted octanol–water partition coefficient (Wildman–Crippen LogP) is 2.54. The van der Waals surface area contributed by atoms with Gasteiger partial charge in [0.2, 0.25) is 5.91 Å². The van der Waals surface area contributed by atoms with Crippen LogP contribution >= 0.6 is 0 Å². The van der Waals surface area contributed by atoms with Crippen LogP contribution in [0.1, 0.15) is 28.9 Å². The van der Waals surface area contributed by atoms with Crippen molar-refractivity contribution in [3.05, 3.63) is 59.2 Å². The van der Waals surface area contributed by atoms with Crippen molar-refractivity contribution >= 4 is 5.91 Å². The van der Waals surface area contributed by atoms with E-state index in [1.807, 2.05) is 32.0 Å². The van der Waals surface area contributed by atoms with Gasteiger partial charge in [-0.15, -0.1) is 0 Å². The van der Waals surface area contributed by atoms with Crippen molar-refractivity contribution in [2.24, 2.45) is 0 Å². The molecule has 0 spiro atoms. The van der Waals surface area contributed by atoms with Gasteiger partial charge in [0.15, 0.2) is 5.82 Å². The zero-order valence-corrected chi connectivity index (χ0v) is 16.0. The van der Waals surface area contributed by atoms with Crippen LogP contribution in [0.5, 0.6) is 5.75 Å². The molecule has 1 amide bonds. The van der Waals surface area contributed by atoms with Crippen LogP contribution in [0, 0.1) is 13.8 Å². The molecule has 2 aromatic heterocycles. The van der Waals surface area contributed by atoms with Gasteiger partial charge in [0.05, 0.1) is 17.8 Å². The standard InChI is InChI=1S/C21H23N5O2/c1-13-17(14(2)26-25-13)7-8-19(27)24-12-16-11-15-5-3-6-18(20(15)28-16)21-22-9-4-10-23-21/h3-6,9-10,16H,7-8,11-12H2,1-2H3,(H,24,27)(H,25,26)/t16-/m1/s1. The van der Waals surface area contributed by atoms with Gasteiger partial charge in [-0.3, -0.25) is 9.89 Å². The number of benzene rings is 1.